The normalized spacial score (nSPS) is 17.1. The predicted octanol–water partition coefficient (Wildman–Crippen LogP) is 5.68. The van der Waals surface area contributed by atoms with Gasteiger partial charge in [-0.3, -0.25) is 9.59 Å². The molecule has 0 bridgehead atoms. The number of aryl methyl sites for hydroxylation is 1. The smallest absolute Gasteiger partial charge is 0.295 e. The molecule has 0 aliphatic carbocycles. The van der Waals surface area contributed by atoms with Gasteiger partial charge in [-0.2, -0.15) is 0 Å². The molecule has 7 heteroatoms. The minimum Gasteiger partial charge on any atom is -0.507 e. The number of carbonyl (C=O) groups is 2. The second-order valence-electron chi connectivity index (χ2n) is 8.40. The first-order valence-electron chi connectivity index (χ1n) is 11.3. The lowest BCUT2D eigenvalue weighted by Gasteiger charge is -2.25. The molecule has 1 heterocycles. The summed E-state index contributed by atoms with van der Waals surface area (Å²) < 4.78 is 34.0. The third kappa shape index (κ3) is 4.80. The Bertz CT molecular complexity index is 1300. The molecule has 0 aromatic heterocycles. The SMILES string of the molecule is CCCOc1ccc(/C(O)=C2\C(=O)C(=O)N(Cc3ccc(F)cc3)C2c2ccccc2F)cc1C. The first kappa shape index (κ1) is 24.1. The maximum absolute atomic E-state index is 14.9. The highest BCUT2D eigenvalue weighted by Gasteiger charge is 2.47. The summed E-state index contributed by atoms with van der Waals surface area (Å²) in [5.41, 5.74) is 1.49. The number of amides is 1. The summed E-state index contributed by atoms with van der Waals surface area (Å²) in [6.07, 6.45) is 0.835. The number of carbonyl (C=O) groups excluding carboxylic acids is 2. The zero-order valence-electron chi connectivity index (χ0n) is 19.4. The van der Waals surface area contributed by atoms with Crippen LogP contribution >= 0.6 is 0 Å². The third-order valence-electron chi connectivity index (χ3n) is 5.92. The molecule has 3 aromatic carbocycles. The quantitative estimate of drug-likeness (QED) is 0.270. The number of benzene rings is 3. The van der Waals surface area contributed by atoms with E-state index in [2.05, 4.69) is 0 Å². The summed E-state index contributed by atoms with van der Waals surface area (Å²) in [7, 11) is 0. The lowest BCUT2D eigenvalue weighted by atomic mass is 9.94. The van der Waals surface area contributed by atoms with E-state index in [0.29, 0.717) is 23.5 Å². The summed E-state index contributed by atoms with van der Waals surface area (Å²) in [6.45, 7) is 4.27. The minimum absolute atomic E-state index is 0.0660. The van der Waals surface area contributed by atoms with E-state index in [1.807, 2.05) is 13.8 Å². The number of hydrogen-bond donors (Lipinski definition) is 1. The number of rotatable bonds is 7. The van der Waals surface area contributed by atoms with Gasteiger partial charge in [0.2, 0.25) is 0 Å². The van der Waals surface area contributed by atoms with Crippen molar-refractivity contribution in [2.75, 3.05) is 6.61 Å². The van der Waals surface area contributed by atoms with Crippen LogP contribution in [0.4, 0.5) is 8.78 Å². The molecule has 1 unspecified atom stereocenters. The summed E-state index contributed by atoms with van der Waals surface area (Å²) in [5, 5.41) is 11.2. The van der Waals surface area contributed by atoms with Crippen LogP contribution in [0.5, 0.6) is 5.75 Å². The van der Waals surface area contributed by atoms with Gasteiger partial charge in [-0.05, 0) is 60.9 Å². The highest BCUT2D eigenvalue weighted by Crippen LogP contribution is 2.41. The fourth-order valence-corrected chi connectivity index (χ4v) is 4.18. The van der Waals surface area contributed by atoms with Gasteiger partial charge in [0.05, 0.1) is 18.2 Å². The van der Waals surface area contributed by atoms with Crippen LogP contribution in [-0.2, 0) is 16.1 Å². The first-order valence-corrected chi connectivity index (χ1v) is 11.3. The van der Waals surface area contributed by atoms with Crippen LogP contribution in [0, 0.1) is 18.6 Å². The van der Waals surface area contributed by atoms with Crippen molar-refractivity contribution in [3.63, 3.8) is 0 Å². The molecule has 35 heavy (non-hydrogen) atoms. The molecule has 0 spiro atoms. The number of likely N-dealkylation sites (tertiary alicyclic amines) is 1. The van der Waals surface area contributed by atoms with Crippen LogP contribution in [0.1, 0.15) is 41.6 Å². The fraction of sp³-hybridized carbons (Fsp3) is 0.214. The van der Waals surface area contributed by atoms with E-state index >= 15 is 0 Å². The standard InChI is InChI=1S/C28H25F2NO4/c1-3-14-35-23-13-10-19(15-17(23)2)26(32)24-25(21-6-4-5-7-22(21)30)31(28(34)27(24)33)16-18-8-11-20(29)12-9-18/h4-13,15,25,32H,3,14,16H2,1-2H3/b26-24+. The molecule has 0 radical (unpaired) electrons. The molecule has 0 saturated carbocycles. The van der Waals surface area contributed by atoms with Crippen LogP contribution < -0.4 is 4.74 Å². The molecule has 1 fully saturated rings. The van der Waals surface area contributed by atoms with E-state index in [4.69, 9.17) is 4.74 Å². The van der Waals surface area contributed by atoms with Crippen molar-refractivity contribution < 1.29 is 28.2 Å². The number of hydrogen-bond acceptors (Lipinski definition) is 4. The molecule has 1 atom stereocenters. The summed E-state index contributed by atoms with van der Waals surface area (Å²) in [6, 6.07) is 15.1. The number of ether oxygens (including phenoxy) is 1. The Morgan fingerprint density at radius 2 is 1.74 bits per heavy atom. The van der Waals surface area contributed by atoms with Gasteiger partial charge in [0.25, 0.3) is 11.7 Å². The van der Waals surface area contributed by atoms with Crippen molar-refractivity contribution in [3.8, 4) is 5.75 Å². The van der Waals surface area contributed by atoms with E-state index in [0.717, 1.165) is 12.0 Å². The topological polar surface area (TPSA) is 66.8 Å². The number of aliphatic hydroxyl groups excluding tert-OH is 1. The second kappa shape index (κ2) is 10.1. The zero-order chi connectivity index (χ0) is 25.1. The van der Waals surface area contributed by atoms with Gasteiger partial charge in [0.15, 0.2) is 0 Å². The van der Waals surface area contributed by atoms with Crippen LogP contribution in [0.25, 0.3) is 5.76 Å². The predicted molar refractivity (Wildman–Crippen MR) is 128 cm³/mol. The van der Waals surface area contributed by atoms with E-state index in [1.165, 1.54) is 47.4 Å². The van der Waals surface area contributed by atoms with Crippen molar-refractivity contribution in [3.05, 3.63) is 106 Å². The van der Waals surface area contributed by atoms with E-state index in [9.17, 15) is 23.5 Å². The molecule has 1 amide bonds. The number of aliphatic hydroxyl groups is 1. The molecule has 1 N–H and O–H groups in total. The van der Waals surface area contributed by atoms with E-state index < -0.39 is 35.1 Å². The van der Waals surface area contributed by atoms with Crippen LogP contribution in [-0.4, -0.2) is 28.3 Å². The zero-order valence-corrected chi connectivity index (χ0v) is 19.4. The van der Waals surface area contributed by atoms with Crippen LogP contribution in [0.15, 0.2) is 72.3 Å². The van der Waals surface area contributed by atoms with Crippen LogP contribution in [0.2, 0.25) is 0 Å². The Kier molecular flexibility index (Phi) is 6.96. The molecule has 5 nitrogen and oxygen atoms in total. The Morgan fingerprint density at radius 3 is 2.40 bits per heavy atom. The Labute approximate surface area is 202 Å². The second-order valence-corrected chi connectivity index (χ2v) is 8.40. The largest absolute Gasteiger partial charge is 0.507 e. The van der Waals surface area contributed by atoms with Crippen LogP contribution in [0.3, 0.4) is 0 Å². The molecular weight excluding hydrogens is 452 g/mol. The molecule has 1 aliphatic heterocycles. The molecular formula is C28H25F2NO4. The maximum Gasteiger partial charge on any atom is 0.295 e. The molecule has 180 valence electrons. The summed E-state index contributed by atoms with van der Waals surface area (Å²) >= 11 is 0. The van der Waals surface area contributed by atoms with Gasteiger partial charge in [0, 0.05) is 17.7 Å². The van der Waals surface area contributed by atoms with Gasteiger partial charge in [-0.25, -0.2) is 8.78 Å². The molecule has 3 aromatic rings. The first-order chi connectivity index (χ1) is 16.8. The number of ketones is 1. The summed E-state index contributed by atoms with van der Waals surface area (Å²) in [5.74, 6) is -2.60. The van der Waals surface area contributed by atoms with Crippen molar-refractivity contribution in [2.45, 2.75) is 32.9 Å². The Balaban J connectivity index is 1.82. The number of Topliss-reactive ketones (excluding diaryl/α,β-unsaturated/α-hetero) is 1. The molecule has 1 saturated heterocycles. The number of nitrogens with zero attached hydrogens (tertiary/aromatic N) is 1. The van der Waals surface area contributed by atoms with Gasteiger partial charge < -0.3 is 14.7 Å². The van der Waals surface area contributed by atoms with E-state index in [1.54, 1.807) is 24.3 Å². The van der Waals surface area contributed by atoms with Gasteiger partial charge in [-0.1, -0.05) is 37.3 Å². The number of halogens is 2. The van der Waals surface area contributed by atoms with Gasteiger partial charge >= 0.3 is 0 Å². The van der Waals surface area contributed by atoms with Gasteiger partial charge in [-0.15, -0.1) is 0 Å². The van der Waals surface area contributed by atoms with Gasteiger partial charge in [0.1, 0.15) is 23.1 Å². The van der Waals surface area contributed by atoms with Crippen molar-refractivity contribution in [1.82, 2.24) is 4.90 Å². The molecule has 1 aliphatic rings. The average Bonchev–Trinajstić information content (AvgIpc) is 3.09. The lowest BCUT2D eigenvalue weighted by molar-refractivity contribution is -0.140. The lowest BCUT2D eigenvalue weighted by Crippen LogP contribution is -2.29. The highest BCUT2D eigenvalue weighted by atomic mass is 19.1. The monoisotopic (exact) mass is 477 g/mol. The van der Waals surface area contributed by atoms with Crippen molar-refractivity contribution in [2.24, 2.45) is 0 Å². The Hall–Kier alpha value is -4.00. The van der Waals surface area contributed by atoms with Crippen molar-refractivity contribution >= 4 is 17.4 Å². The maximum atomic E-state index is 14.9. The molecule has 4 rings (SSSR count). The van der Waals surface area contributed by atoms with E-state index in [-0.39, 0.29) is 17.7 Å². The summed E-state index contributed by atoms with van der Waals surface area (Å²) in [4.78, 5) is 27.4. The Morgan fingerprint density at radius 1 is 1.03 bits per heavy atom. The average molecular weight is 478 g/mol. The minimum atomic E-state index is -1.16. The highest BCUT2D eigenvalue weighted by molar-refractivity contribution is 6.46. The van der Waals surface area contributed by atoms with Crippen molar-refractivity contribution in [1.29, 1.82) is 0 Å². The fourth-order valence-electron chi connectivity index (χ4n) is 4.18. The third-order valence-corrected chi connectivity index (χ3v) is 5.92.